The molecule has 9 heteroatoms. The van der Waals surface area contributed by atoms with E-state index in [4.69, 9.17) is 0 Å². The van der Waals surface area contributed by atoms with E-state index < -0.39 is 5.41 Å². The number of allylic oxidation sites excluding steroid dienone is 1. The second kappa shape index (κ2) is 11.7. The largest absolute Gasteiger partial charge is 0.348 e. The van der Waals surface area contributed by atoms with Gasteiger partial charge in [-0.15, -0.1) is 0 Å². The van der Waals surface area contributed by atoms with Crippen LogP contribution in [0.3, 0.4) is 0 Å². The van der Waals surface area contributed by atoms with Gasteiger partial charge in [0.15, 0.2) is 0 Å². The van der Waals surface area contributed by atoms with Gasteiger partial charge in [0.1, 0.15) is 16.9 Å². The quantitative estimate of drug-likeness (QED) is 0.369. The van der Waals surface area contributed by atoms with Gasteiger partial charge in [-0.2, -0.15) is 0 Å². The monoisotopic (exact) mass is 590 g/mol. The highest BCUT2D eigenvalue weighted by Crippen LogP contribution is 2.46. The van der Waals surface area contributed by atoms with Crippen molar-refractivity contribution >= 4 is 29.5 Å². The topological polar surface area (TPSA) is 116 Å². The number of anilines is 1. The Morgan fingerprint density at radius 1 is 1.00 bits per heavy atom. The highest BCUT2D eigenvalue weighted by Gasteiger charge is 2.58. The molecule has 44 heavy (non-hydrogen) atoms. The Bertz CT molecular complexity index is 1640. The number of carbonyl (C=O) groups excluding carboxylic acids is 3. The van der Waals surface area contributed by atoms with Crippen molar-refractivity contribution in [2.75, 3.05) is 31.5 Å². The van der Waals surface area contributed by atoms with Crippen molar-refractivity contribution in [1.29, 1.82) is 0 Å². The summed E-state index contributed by atoms with van der Waals surface area (Å²) in [7, 11) is 0. The number of nitrogens with zero attached hydrogens (tertiary/aromatic N) is 3. The third-order valence-corrected chi connectivity index (χ3v) is 9.85. The smallest absolute Gasteiger partial charge is 0.253 e. The lowest BCUT2D eigenvalue weighted by Crippen LogP contribution is -2.55. The molecule has 1 saturated heterocycles. The molecule has 1 aromatic carbocycles. The summed E-state index contributed by atoms with van der Waals surface area (Å²) >= 11 is 0. The zero-order valence-corrected chi connectivity index (χ0v) is 25.0. The third kappa shape index (κ3) is 5.04. The summed E-state index contributed by atoms with van der Waals surface area (Å²) in [6.07, 6.45) is 11.4. The fraction of sp³-hybridized carbons (Fsp3) is 0.400. The first kappa shape index (κ1) is 28.6. The molecule has 1 fully saturated rings. The van der Waals surface area contributed by atoms with Crippen LogP contribution in [0.2, 0.25) is 0 Å². The van der Waals surface area contributed by atoms with Crippen molar-refractivity contribution in [3.8, 4) is 0 Å². The van der Waals surface area contributed by atoms with E-state index in [-0.39, 0.29) is 41.7 Å². The molecule has 4 aliphatic rings. The minimum absolute atomic E-state index is 0.0493. The van der Waals surface area contributed by atoms with Gasteiger partial charge in [0.2, 0.25) is 11.7 Å². The molecule has 4 unspecified atom stereocenters. The Morgan fingerprint density at radius 2 is 1.86 bits per heavy atom. The highest BCUT2D eigenvalue weighted by atomic mass is 16.2. The number of pyridine rings is 2. The minimum atomic E-state index is -1.41. The van der Waals surface area contributed by atoms with E-state index >= 15 is 0 Å². The van der Waals surface area contributed by atoms with Crippen LogP contribution < -0.4 is 16.0 Å². The number of amides is 2. The van der Waals surface area contributed by atoms with Crippen LogP contribution in [-0.2, 0) is 16.6 Å². The van der Waals surface area contributed by atoms with Crippen LogP contribution >= 0.6 is 0 Å². The molecular weight excluding hydrogens is 552 g/mol. The normalized spacial score (nSPS) is 29.3. The van der Waals surface area contributed by atoms with Gasteiger partial charge in [-0.25, -0.2) is 4.98 Å². The number of nitrogens with one attached hydrogen (secondary N) is 3. The number of fused-ring (bicyclic) bond motifs is 4. The van der Waals surface area contributed by atoms with Crippen molar-refractivity contribution < 1.29 is 14.4 Å². The molecule has 1 spiro atoms. The maximum Gasteiger partial charge on any atom is 0.253 e. The molecule has 7 rings (SSSR count). The summed E-state index contributed by atoms with van der Waals surface area (Å²) in [5.41, 5.74) is 2.55. The van der Waals surface area contributed by atoms with Crippen molar-refractivity contribution in [3.63, 3.8) is 0 Å². The first-order valence-electron chi connectivity index (χ1n) is 15.8. The minimum Gasteiger partial charge on any atom is -0.348 e. The SMILES string of the molecule is CC1C(c2ccccc2)CC2CN1CCNCCCC/C=C\c1cnc3c(c1)[C@]1(Cc4cc(cnc4C1=O)C(=O)N2)C(=O)N3. The van der Waals surface area contributed by atoms with Crippen LogP contribution in [0.15, 0.2) is 60.9 Å². The number of rotatable bonds is 1. The number of aromatic nitrogens is 2. The Hall–Kier alpha value is -4.21. The summed E-state index contributed by atoms with van der Waals surface area (Å²) in [5, 5.41) is 9.72. The van der Waals surface area contributed by atoms with Crippen molar-refractivity contribution in [1.82, 2.24) is 25.5 Å². The molecule has 1 aliphatic carbocycles. The molecular formula is C35H38N6O3. The summed E-state index contributed by atoms with van der Waals surface area (Å²) in [4.78, 5) is 52.3. The molecule has 0 saturated carbocycles. The van der Waals surface area contributed by atoms with Crippen molar-refractivity contribution in [3.05, 3.63) is 94.4 Å². The summed E-state index contributed by atoms with van der Waals surface area (Å²) < 4.78 is 0. The predicted octanol–water partition coefficient (Wildman–Crippen LogP) is 3.87. The van der Waals surface area contributed by atoms with Gasteiger partial charge in [-0.1, -0.05) is 42.5 Å². The Morgan fingerprint density at radius 3 is 2.73 bits per heavy atom. The maximum absolute atomic E-state index is 13.8. The highest BCUT2D eigenvalue weighted by molar-refractivity contribution is 6.27. The Labute approximate surface area is 257 Å². The Balaban J connectivity index is 1.21. The van der Waals surface area contributed by atoms with Crippen LogP contribution in [0.25, 0.3) is 6.08 Å². The van der Waals surface area contributed by atoms with Crippen LogP contribution in [0.5, 0.6) is 0 Å². The Kier molecular flexibility index (Phi) is 7.60. The van der Waals surface area contributed by atoms with Gasteiger partial charge in [0, 0.05) is 62.0 Å². The number of benzene rings is 1. The van der Waals surface area contributed by atoms with Crippen molar-refractivity contribution in [2.45, 2.75) is 62.4 Å². The van der Waals surface area contributed by atoms with E-state index in [2.05, 4.69) is 68.1 Å². The average molecular weight is 591 g/mol. The van der Waals surface area contributed by atoms with E-state index in [9.17, 15) is 14.4 Å². The summed E-state index contributed by atoms with van der Waals surface area (Å²) in [6, 6.07) is 14.5. The van der Waals surface area contributed by atoms with Gasteiger partial charge >= 0.3 is 0 Å². The van der Waals surface area contributed by atoms with Crippen LogP contribution in [0.4, 0.5) is 5.82 Å². The fourth-order valence-corrected chi connectivity index (χ4v) is 7.42. The molecule has 2 aromatic heterocycles. The number of Topliss-reactive ketones (excluding diaryl/α,β-unsaturated/α-hetero) is 1. The molecule has 3 aromatic rings. The van der Waals surface area contributed by atoms with Gasteiger partial charge < -0.3 is 16.0 Å². The summed E-state index contributed by atoms with van der Waals surface area (Å²) in [5.74, 6) is -0.253. The molecule has 226 valence electrons. The molecule has 7 bridgehead atoms. The standard InChI is InChI=1S/C35H38N6O3/c1-22-28(24-10-6-4-7-11-24)17-27-21-41(22)14-13-36-12-8-3-2-5-9-23-15-29-32(38-19-23)40-34(44)35(29)18-25-16-26(33(43)39-27)20-37-30(25)31(35)42/h4-7,9-11,15-16,19-20,22,27-28,36H,2-3,8,12-14,17-18,21H2,1H3,(H,39,43)(H,38,40,44)/b9-5-/t22?,27?,28?,35-/m0/s1. The van der Waals surface area contributed by atoms with Crippen molar-refractivity contribution in [2.24, 2.45) is 0 Å². The van der Waals surface area contributed by atoms with E-state index in [1.807, 2.05) is 18.2 Å². The second-order valence-corrected chi connectivity index (χ2v) is 12.6. The average Bonchev–Trinajstić information content (AvgIpc) is 3.49. The number of hydrogen-bond donors (Lipinski definition) is 3. The van der Waals surface area contributed by atoms with Gasteiger partial charge in [-0.3, -0.25) is 24.3 Å². The van der Waals surface area contributed by atoms with E-state index in [1.54, 1.807) is 12.3 Å². The lowest BCUT2D eigenvalue weighted by Gasteiger charge is -2.44. The molecule has 3 aliphatic heterocycles. The number of ketones is 1. The van der Waals surface area contributed by atoms with Gasteiger partial charge in [-0.05, 0) is 68.0 Å². The zero-order valence-electron chi connectivity index (χ0n) is 25.0. The van der Waals surface area contributed by atoms with E-state index in [0.717, 1.165) is 57.4 Å². The third-order valence-electron chi connectivity index (χ3n) is 9.85. The van der Waals surface area contributed by atoms with Gasteiger partial charge in [0.05, 0.1) is 5.56 Å². The first-order valence-corrected chi connectivity index (χ1v) is 15.8. The van der Waals surface area contributed by atoms with E-state index in [0.29, 0.717) is 28.6 Å². The molecule has 2 amide bonds. The first-order chi connectivity index (χ1) is 21.4. The van der Waals surface area contributed by atoms with Crippen LogP contribution in [0, 0.1) is 0 Å². The van der Waals surface area contributed by atoms with Crippen LogP contribution in [-0.4, -0.2) is 70.7 Å². The molecule has 5 atom stereocenters. The fourth-order valence-electron chi connectivity index (χ4n) is 7.42. The van der Waals surface area contributed by atoms with Crippen LogP contribution in [0.1, 0.15) is 81.6 Å². The maximum atomic E-state index is 13.8. The zero-order chi connectivity index (χ0) is 30.3. The molecule has 3 N–H and O–H groups in total. The lowest BCUT2D eigenvalue weighted by atomic mass is 9.78. The lowest BCUT2D eigenvalue weighted by molar-refractivity contribution is -0.119. The number of hydrogen-bond acceptors (Lipinski definition) is 7. The van der Waals surface area contributed by atoms with E-state index in [1.165, 1.54) is 11.8 Å². The molecule has 5 heterocycles. The predicted molar refractivity (Wildman–Crippen MR) is 169 cm³/mol. The molecule has 9 nitrogen and oxygen atoms in total. The van der Waals surface area contributed by atoms with Gasteiger partial charge in [0.25, 0.3) is 5.91 Å². The molecule has 0 radical (unpaired) electrons. The number of carbonyl (C=O) groups is 3. The number of piperidine rings is 1. The summed E-state index contributed by atoms with van der Waals surface area (Å²) in [6.45, 7) is 5.78. The second-order valence-electron chi connectivity index (χ2n) is 12.6.